The van der Waals surface area contributed by atoms with Gasteiger partial charge in [-0.3, -0.25) is 0 Å². The Balaban J connectivity index is 0.000000704. The summed E-state index contributed by atoms with van der Waals surface area (Å²) < 4.78 is 11.1. The summed E-state index contributed by atoms with van der Waals surface area (Å²) >= 11 is 0. The minimum absolute atomic E-state index is 0.0413. The van der Waals surface area contributed by atoms with Gasteiger partial charge in [-0.15, -0.1) is 0 Å². The molecule has 0 unspecified atom stereocenters. The van der Waals surface area contributed by atoms with Crippen molar-refractivity contribution in [2.24, 2.45) is 0 Å². The van der Waals surface area contributed by atoms with Gasteiger partial charge in [-0.2, -0.15) is 0 Å². The number of hydrogen-bond acceptors (Lipinski definition) is 5. The van der Waals surface area contributed by atoms with E-state index in [1.165, 1.54) is 0 Å². The van der Waals surface area contributed by atoms with E-state index in [0.717, 1.165) is 11.1 Å². The zero-order chi connectivity index (χ0) is 14.8. The molecule has 5 nitrogen and oxygen atoms in total. The van der Waals surface area contributed by atoms with E-state index in [9.17, 15) is 15.3 Å². The summed E-state index contributed by atoms with van der Waals surface area (Å²) in [7, 11) is 0. The fourth-order valence-corrected chi connectivity index (χ4v) is 2.55. The van der Waals surface area contributed by atoms with Gasteiger partial charge in [0.15, 0.2) is 0 Å². The molecule has 1 aromatic rings. The van der Waals surface area contributed by atoms with Crippen LogP contribution in [0.15, 0.2) is 24.3 Å². The molecule has 1 aromatic carbocycles. The minimum Gasteiger partial charge on any atom is -0.388 e. The summed E-state index contributed by atoms with van der Waals surface area (Å²) in [4.78, 5) is 0. The molecule has 1 fully saturated rings. The van der Waals surface area contributed by atoms with Crippen LogP contribution in [0.3, 0.4) is 0 Å². The van der Waals surface area contributed by atoms with E-state index in [2.05, 4.69) is 0 Å². The predicted octanol–water partition coefficient (Wildman–Crippen LogP) is 0.595. The topological polar surface area (TPSA) is 79.2 Å². The first-order valence-corrected chi connectivity index (χ1v) is 7.01. The van der Waals surface area contributed by atoms with Gasteiger partial charge in [0.25, 0.3) is 0 Å². The number of hydrogen-bond donors (Lipinski definition) is 3. The van der Waals surface area contributed by atoms with Crippen molar-refractivity contribution in [3.8, 4) is 0 Å². The van der Waals surface area contributed by atoms with E-state index in [1.54, 1.807) is 0 Å². The monoisotopic (exact) mass is 282 g/mol. The quantitative estimate of drug-likeness (QED) is 0.649. The Bertz CT molecular complexity index is 450. The average molecular weight is 282 g/mol. The zero-order valence-corrected chi connectivity index (χ0v) is 11.8. The van der Waals surface area contributed by atoms with Crippen molar-refractivity contribution in [3.63, 3.8) is 0 Å². The second-order valence-electron chi connectivity index (χ2n) is 4.86. The summed E-state index contributed by atoms with van der Waals surface area (Å²) in [5.74, 6) is -1.24. The maximum atomic E-state index is 10.1. The molecule has 0 bridgehead atoms. The highest BCUT2D eigenvalue weighted by molar-refractivity contribution is 5.30. The SMILES string of the molecule is CC.O[C@@H]1[C@H](O)CO[C@@]2(Cc3ccccc3CO2)[C@H]1O. The zero-order valence-electron chi connectivity index (χ0n) is 11.8. The lowest BCUT2D eigenvalue weighted by molar-refractivity contribution is -0.346. The van der Waals surface area contributed by atoms with Gasteiger partial charge in [0, 0.05) is 6.42 Å². The highest BCUT2D eigenvalue weighted by Crippen LogP contribution is 2.36. The van der Waals surface area contributed by atoms with Crippen molar-refractivity contribution >= 4 is 0 Å². The van der Waals surface area contributed by atoms with E-state index >= 15 is 0 Å². The molecule has 20 heavy (non-hydrogen) atoms. The number of benzene rings is 1. The van der Waals surface area contributed by atoms with Gasteiger partial charge in [-0.1, -0.05) is 38.1 Å². The minimum atomic E-state index is -1.25. The normalized spacial score (nSPS) is 36.0. The van der Waals surface area contributed by atoms with Crippen molar-refractivity contribution in [1.82, 2.24) is 0 Å². The van der Waals surface area contributed by atoms with Crippen molar-refractivity contribution in [2.75, 3.05) is 6.61 Å². The number of aliphatic hydroxyl groups is 3. The van der Waals surface area contributed by atoms with E-state index in [4.69, 9.17) is 9.47 Å². The van der Waals surface area contributed by atoms with Gasteiger partial charge in [-0.25, -0.2) is 0 Å². The molecular weight excluding hydrogens is 260 g/mol. The fourth-order valence-electron chi connectivity index (χ4n) is 2.55. The number of rotatable bonds is 0. The standard InChI is InChI=1S/C13H16O5.C2H6/c14-10-7-18-13(12(16)11(10)15)5-8-3-1-2-4-9(8)6-17-13;1-2/h1-4,10-12,14-16H,5-7H2;1-2H3/t10-,11-,12+,13+;/m1./s1. The van der Waals surface area contributed by atoms with Crippen LogP contribution >= 0.6 is 0 Å². The number of aliphatic hydroxyl groups excluding tert-OH is 3. The van der Waals surface area contributed by atoms with Crippen LogP contribution in [-0.2, 0) is 22.5 Å². The maximum Gasteiger partial charge on any atom is 0.201 e. The lowest BCUT2D eigenvalue weighted by Gasteiger charge is -2.47. The molecule has 5 heteroatoms. The molecule has 4 atom stereocenters. The summed E-state index contributed by atoms with van der Waals surface area (Å²) in [6.07, 6.45) is -3.21. The molecule has 2 aliphatic heterocycles. The molecular formula is C15H22O5. The molecule has 2 aliphatic rings. The van der Waals surface area contributed by atoms with Crippen molar-refractivity contribution in [3.05, 3.63) is 35.4 Å². The Morgan fingerprint density at radius 3 is 2.40 bits per heavy atom. The third-order valence-electron chi connectivity index (χ3n) is 3.69. The smallest absolute Gasteiger partial charge is 0.201 e. The highest BCUT2D eigenvalue weighted by atomic mass is 16.7. The fraction of sp³-hybridized carbons (Fsp3) is 0.600. The van der Waals surface area contributed by atoms with E-state index < -0.39 is 24.1 Å². The Morgan fingerprint density at radius 2 is 1.70 bits per heavy atom. The molecule has 0 saturated carbocycles. The molecule has 1 spiro atoms. The number of fused-ring (bicyclic) bond motifs is 1. The second-order valence-corrected chi connectivity index (χ2v) is 4.86. The van der Waals surface area contributed by atoms with Gasteiger partial charge >= 0.3 is 0 Å². The third kappa shape index (κ3) is 2.60. The molecule has 0 aromatic heterocycles. The second kappa shape index (κ2) is 6.20. The molecule has 3 N–H and O–H groups in total. The summed E-state index contributed by atoms with van der Waals surface area (Å²) in [5.41, 5.74) is 2.09. The molecule has 0 aliphatic carbocycles. The molecule has 2 heterocycles. The Kier molecular flexibility index (Phi) is 4.78. The van der Waals surface area contributed by atoms with Crippen LogP contribution < -0.4 is 0 Å². The summed E-state index contributed by atoms with van der Waals surface area (Å²) in [6.45, 7) is 4.29. The van der Waals surface area contributed by atoms with Gasteiger partial charge in [-0.05, 0) is 11.1 Å². The lowest BCUT2D eigenvalue weighted by Crippen LogP contribution is -2.63. The van der Waals surface area contributed by atoms with Gasteiger partial charge in [0.1, 0.15) is 18.3 Å². The Labute approximate surface area is 118 Å². The van der Waals surface area contributed by atoms with Crippen LogP contribution in [0, 0.1) is 0 Å². The van der Waals surface area contributed by atoms with Gasteiger partial charge in [0.05, 0.1) is 13.2 Å². The molecule has 0 amide bonds. The first-order valence-electron chi connectivity index (χ1n) is 7.01. The third-order valence-corrected chi connectivity index (χ3v) is 3.69. The molecule has 0 radical (unpaired) electrons. The Hall–Kier alpha value is -0.980. The molecule has 3 rings (SSSR count). The van der Waals surface area contributed by atoms with Crippen molar-refractivity contribution < 1.29 is 24.8 Å². The first-order chi connectivity index (χ1) is 9.62. The van der Waals surface area contributed by atoms with Crippen LogP contribution in [0.4, 0.5) is 0 Å². The largest absolute Gasteiger partial charge is 0.388 e. The Morgan fingerprint density at radius 1 is 1.05 bits per heavy atom. The number of ether oxygens (including phenoxy) is 2. The first kappa shape index (κ1) is 15.4. The van der Waals surface area contributed by atoms with E-state index in [1.807, 2.05) is 38.1 Å². The van der Waals surface area contributed by atoms with Gasteiger partial charge < -0.3 is 24.8 Å². The summed E-state index contributed by atoms with van der Waals surface area (Å²) in [6, 6.07) is 7.76. The lowest BCUT2D eigenvalue weighted by atomic mass is 9.88. The maximum absolute atomic E-state index is 10.1. The van der Waals surface area contributed by atoms with E-state index in [-0.39, 0.29) is 6.61 Å². The molecule has 112 valence electrons. The van der Waals surface area contributed by atoms with Crippen LogP contribution in [0.2, 0.25) is 0 Å². The van der Waals surface area contributed by atoms with Crippen LogP contribution in [0.1, 0.15) is 25.0 Å². The van der Waals surface area contributed by atoms with Crippen molar-refractivity contribution in [1.29, 1.82) is 0 Å². The summed E-state index contributed by atoms with van der Waals surface area (Å²) in [5, 5.41) is 29.3. The van der Waals surface area contributed by atoms with Crippen molar-refractivity contribution in [2.45, 2.75) is 51.0 Å². The van der Waals surface area contributed by atoms with Crippen LogP contribution in [0.5, 0.6) is 0 Å². The molecule has 1 saturated heterocycles. The highest BCUT2D eigenvalue weighted by Gasteiger charge is 2.52. The van der Waals surface area contributed by atoms with Gasteiger partial charge in [0.2, 0.25) is 5.79 Å². The average Bonchev–Trinajstić information content (AvgIpc) is 2.51. The van der Waals surface area contributed by atoms with E-state index in [0.29, 0.717) is 13.0 Å². The van der Waals surface area contributed by atoms with Crippen LogP contribution in [0.25, 0.3) is 0 Å². The van der Waals surface area contributed by atoms with Crippen LogP contribution in [-0.4, -0.2) is 46.0 Å². The predicted molar refractivity (Wildman–Crippen MR) is 73.0 cm³/mol.